The van der Waals surface area contributed by atoms with Gasteiger partial charge in [0.15, 0.2) is 0 Å². The second-order valence-corrected chi connectivity index (χ2v) is 8.43. The fourth-order valence-corrected chi connectivity index (χ4v) is 4.49. The van der Waals surface area contributed by atoms with E-state index >= 15 is 4.39 Å². The number of ether oxygens (including phenoxy) is 1. The van der Waals surface area contributed by atoms with E-state index in [1.807, 2.05) is 11.0 Å². The van der Waals surface area contributed by atoms with Crippen molar-refractivity contribution >= 4 is 16.9 Å². The number of hydrogen-bond acceptors (Lipinski definition) is 6. The monoisotopic (exact) mass is 462 g/mol. The van der Waals surface area contributed by atoms with Gasteiger partial charge in [0, 0.05) is 30.5 Å². The van der Waals surface area contributed by atoms with E-state index in [2.05, 4.69) is 26.8 Å². The Labute approximate surface area is 198 Å². The molecule has 1 N–H and O–H groups in total. The summed E-state index contributed by atoms with van der Waals surface area (Å²) in [6.07, 6.45) is 5.12. The molecule has 1 aromatic carbocycles. The number of benzene rings is 1. The molecule has 3 atom stereocenters. The number of hydrogen-bond donors (Lipinski definition) is 1. The van der Waals surface area contributed by atoms with Crippen LogP contribution in [0, 0.1) is 23.7 Å². The highest BCUT2D eigenvalue weighted by atomic mass is 19.1. The predicted molar refractivity (Wildman–Crippen MR) is 126 cm³/mol. The third kappa shape index (κ3) is 5.67. The number of fused-ring (bicyclic) bond motifs is 1. The van der Waals surface area contributed by atoms with Gasteiger partial charge in [0.2, 0.25) is 5.82 Å². The molecule has 0 radical (unpaired) electrons. The molecule has 0 amide bonds. The van der Waals surface area contributed by atoms with Gasteiger partial charge in [-0.05, 0) is 73.5 Å². The van der Waals surface area contributed by atoms with Crippen molar-refractivity contribution in [1.29, 1.82) is 0 Å². The summed E-state index contributed by atoms with van der Waals surface area (Å²) in [6.45, 7) is 1.58. The van der Waals surface area contributed by atoms with Gasteiger partial charge in [-0.1, -0.05) is 5.92 Å². The molecule has 1 fully saturated rings. The van der Waals surface area contributed by atoms with E-state index in [0.29, 0.717) is 48.6 Å². The summed E-state index contributed by atoms with van der Waals surface area (Å²) in [4.78, 5) is 26.4. The molecule has 3 heterocycles. The number of alkyl halides is 1. The van der Waals surface area contributed by atoms with Gasteiger partial charge in [0.25, 0.3) is 0 Å². The first kappa shape index (κ1) is 23.6. The van der Waals surface area contributed by atoms with Crippen molar-refractivity contribution in [3.8, 4) is 17.6 Å². The normalized spacial score (nSPS) is 19.2. The van der Waals surface area contributed by atoms with Crippen molar-refractivity contribution in [2.24, 2.45) is 11.8 Å². The average Bonchev–Trinajstić information content (AvgIpc) is 2.87. The lowest BCUT2D eigenvalue weighted by atomic mass is 9.81. The number of rotatable bonds is 7. The van der Waals surface area contributed by atoms with Gasteiger partial charge in [0.1, 0.15) is 11.9 Å². The van der Waals surface area contributed by atoms with Crippen LogP contribution in [0.25, 0.3) is 10.9 Å². The molecule has 1 aliphatic rings. The smallest absolute Gasteiger partial charge is 0.308 e. The Morgan fingerprint density at radius 3 is 2.85 bits per heavy atom. The Morgan fingerprint density at radius 2 is 2.09 bits per heavy atom. The first-order chi connectivity index (χ1) is 16.5. The Hall–Kier alpha value is -3.57. The summed E-state index contributed by atoms with van der Waals surface area (Å²) in [7, 11) is 1.57. The van der Waals surface area contributed by atoms with Crippen LogP contribution in [0.1, 0.15) is 36.8 Å². The predicted octanol–water partition coefficient (Wildman–Crippen LogP) is 3.90. The lowest BCUT2D eigenvalue weighted by Crippen LogP contribution is -2.44. The number of carboxylic acid groups (broad SMARTS) is 1. The molecule has 4 rings (SSSR count). The van der Waals surface area contributed by atoms with E-state index in [1.54, 1.807) is 50.0 Å². The van der Waals surface area contributed by atoms with E-state index < -0.39 is 18.1 Å². The van der Waals surface area contributed by atoms with E-state index in [0.717, 1.165) is 11.9 Å². The molecule has 3 aromatic rings. The van der Waals surface area contributed by atoms with Crippen LogP contribution in [0.15, 0.2) is 48.9 Å². The maximum Gasteiger partial charge on any atom is 0.308 e. The second-order valence-electron chi connectivity index (χ2n) is 8.43. The van der Waals surface area contributed by atoms with Crippen molar-refractivity contribution < 1.29 is 19.0 Å². The van der Waals surface area contributed by atoms with E-state index in [4.69, 9.17) is 4.74 Å². The molecule has 1 saturated heterocycles. The van der Waals surface area contributed by atoms with Crippen LogP contribution in [-0.4, -0.2) is 57.7 Å². The number of likely N-dealkylation sites (tertiary alicyclic amines) is 1. The Morgan fingerprint density at radius 1 is 1.26 bits per heavy atom. The highest BCUT2D eigenvalue weighted by molar-refractivity contribution is 5.83. The van der Waals surface area contributed by atoms with Crippen molar-refractivity contribution in [2.75, 3.05) is 26.7 Å². The molecule has 1 aliphatic heterocycles. The minimum Gasteiger partial charge on any atom is -0.497 e. The molecule has 0 bridgehead atoms. The summed E-state index contributed by atoms with van der Waals surface area (Å²) in [5, 5.41) is 10.5. The summed E-state index contributed by atoms with van der Waals surface area (Å²) < 4.78 is 20.6. The molecule has 2 aromatic heterocycles. The quantitative estimate of drug-likeness (QED) is 0.533. The highest BCUT2D eigenvalue weighted by Gasteiger charge is 2.34. The zero-order valence-corrected chi connectivity index (χ0v) is 19.0. The van der Waals surface area contributed by atoms with E-state index in [9.17, 15) is 9.90 Å². The first-order valence-electron chi connectivity index (χ1n) is 11.3. The number of methoxy groups -OCH3 is 1. The SMILES string of the molecule is COc1ccc2nccc(C(F)CC[C@@H]3CCN(CC#Cc4ncccn4)C[C@@H]3C(=O)O)c2c1. The standard InChI is InChI=1S/C26H27FN4O3/c1-34-19-6-8-24-21(16-19)20(9-13-28-24)23(27)7-5-18-10-15-31(17-22(18)26(32)33)14-2-4-25-29-11-3-12-30-25/h3,6,8-9,11-13,16,18,22-23H,5,7,10,14-15,17H2,1H3,(H,32,33)/t18-,22+,23?/m1/s1. The average molecular weight is 463 g/mol. The Balaban J connectivity index is 1.38. The number of carbonyl (C=O) groups is 1. The second kappa shape index (κ2) is 11.0. The van der Waals surface area contributed by atoms with Crippen molar-refractivity contribution in [1.82, 2.24) is 19.9 Å². The van der Waals surface area contributed by atoms with E-state index in [1.165, 1.54) is 0 Å². The first-order valence-corrected chi connectivity index (χ1v) is 11.3. The summed E-state index contributed by atoms with van der Waals surface area (Å²) in [6, 6.07) is 8.83. The van der Waals surface area contributed by atoms with Gasteiger partial charge in [0.05, 0.1) is 25.1 Å². The largest absolute Gasteiger partial charge is 0.497 e. The molecule has 0 aliphatic carbocycles. The number of halogens is 1. The number of carboxylic acids is 1. The van der Waals surface area contributed by atoms with Crippen molar-refractivity contribution in [3.63, 3.8) is 0 Å². The van der Waals surface area contributed by atoms with Gasteiger partial charge < -0.3 is 9.84 Å². The highest BCUT2D eigenvalue weighted by Crippen LogP contribution is 2.35. The fourth-order valence-electron chi connectivity index (χ4n) is 4.49. The topological polar surface area (TPSA) is 88.4 Å². The molecule has 1 unspecified atom stereocenters. The maximum atomic E-state index is 15.3. The maximum absolute atomic E-state index is 15.3. The Bertz CT molecular complexity index is 1190. The number of aromatic nitrogens is 3. The Kier molecular flexibility index (Phi) is 7.65. The number of pyridine rings is 1. The molecule has 176 valence electrons. The van der Waals surface area contributed by atoms with Gasteiger partial charge in [-0.2, -0.15) is 0 Å². The third-order valence-electron chi connectivity index (χ3n) is 6.34. The zero-order valence-electron chi connectivity index (χ0n) is 19.0. The molecule has 8 heteroatoms. The number of piperidine rings is 1. The number of aliphatic carboxylic acids is 1. The minimum atomic E-state index is -1.21. The number of nitrogens with zero attached hydrogens (tertiary/aromatic N) is 4. The van der Waals surface area contributed by atoms with Crippen LogP contribution >= 0.6 is 0 Å². The van der Waals surface area contributed by atoms with Gasteiger partial charge in [-0.15, -0.1) is 0 Å². The van der Waals surface area contributed by atoms with Crippen molar-refractivity contribution in [2.45, 2.75) is 25.4 Å². The summed E-state index contributed by atoms with van der Waals surface area (Å²) in [5.74, 6) is 5.54. The van der Waals surface area contributed by atoms with Gasteiger partial charge in [-0.25, -0.2) is 14.4 Å². The van der Waals surface area contributed by atoms with Crippen LogP contribution in [-0.2, 0) is 4.79 Å². The summed E-state index contributed by atoms with van der Waals surface area (Å²) >= 11 is 0. The minimum absolute atomic E-state index is 0.0833. The van der Waals surface area contributed by atoms with Crippen LogP contribution in [0.4, 0.5) is 4.39 Å². The van der Waals surface area contributed by atoms with E-state index in [-0.39, 0.29) is 12.3 Å². The van der Waals surface area contributed by atoms with Crippen LogP contribution in [0.3, 0.4) is 0 Å². The zero-order chi connectivity index (χ0) is 23.9. The van der Waals surface area contributed by atoms with Crippen LogP contribution in [0.2, 0.25) is 0 Å². The molecular formula is C26H27FN4O3. The summed E-state index contributed by atoms with van der Waals surface area (Å²) in [5.41, 5.74) is 1.27. The molecule has 0 spiro atoms. The van der Waals surface area contributed by atoms with Gasteiger partial charge in [-0.3, -0.25) is 14.7 Å². The molecular weight excluding hydrogens is 435 g/mol. The molecule has 0 saturated carbocycles. The fraction of sp³-hybridized carbons (Fsp3) is 0.385. The molecule has 7 nitrogen and oxygen atoms in total. The van der Waals surface area contributed by atoms with Crippen molar-refractivity contribution in [3.05, 3.63) is 60.3 Å². The molecule has 34 heavy (non-hydrogen) atoms. The van der Waals surface area contributed by atoms with Crippen LogP contribution < -0.4 is 4.74 Å². The lowest BCUT2D eigenvalue weighted by molar-refractivity contribution is -0.146. The third-order valence-corrected chi connectivity index (χ3v) is 6.34. The van der Waals surface area contributed by atoms with Crippen LogP contribution in [0.5, 0.6) is 5.75 Å². The lowest BCUT2D eigenvalue weighted by Gasteiger charge is -2.35. The van der Waals surface area contributed by atoms with Gasteiger partial charge >= 0.3 is 5.97 Å².